The number of hydrogen-bond donors (Lipinski definition) is 2. The van der Waals surface area contributed by atoms with E-state index in [1.165, 1.54) is 0 Å². The van der Waals surface area contributed by atoms with Gasteiger partial charge in [0, 0.05) is 5.92 Å². The van der Waals surface area contributed by atoms with Crippen molar-refractivity contribution in [1.82, 2.24) is 5.32 Å². The number of amides is 1. The number of nitrogens with one attached hydrogen (secondary N) is 1. The van der Waals surface area contributed by atoms with Gasteiger partial charge in [-0.15, -0.1) is 0 Å². The maximum Gasteiger partial charge on any atom is 0.223 e. The molecule has 2 N–H and O–H groups in total. The van der Waals surface area contributed by atoms with E-state index in [9.17, 15) is 9.90 Å². The molecule has 1 amide bonds. The molecule has 1 rings (SSSR count). The van der Waals surface area contributed by atoms with Crippen LogP contribution in [0.1, 0.15) is 47.0 Å². The normalized spacial score (nSPS) is 28.9. The Morgan fingerprint density at radius 3 is 2.47 bits per heavy atom. The highest BCUT2D eigenvalue weighted by Crippen LogP contribution is 2.31. The van der Waals surface area contributed by atoms with Gasteiger partial charge in [0.25, 0.3) is 0 Å². The van der Waals surface area contributed by atoms with Crippen molar-refractivity contribution in [3.8, 4) is 0 Å². The van der Waals surface area contributed by atoms with Crippen LogP contribution in [-0.2, 0) is 4.79 Å². The van der Waals surface area contributed by atoms with Gasteiger partial charge in [0.05, 0.1) is 11.6 Å². The monoisotopic (exact) mass is 213 g/mol. The Balaban J connectivity index is 2.55. The molecule has 3 heteroatoms. The first-order chi connectivity index (χ1) is 6.84. The minimum absolute atomic E-state index is 0.103. The number of hydrogen-bond acceptors (Lipinski definition) is 2. The first-order valence-corrected chi connectivity index (χ1v) is 5.84. The summed E-state index contributed by atoms with van der Waals surface area (Å²) in [6.45, 7) is 7.55. The van der Waals surface area contributed by atoms with E-state index < -0.39 is 11.6 Å². The van der Waals surface area contributed by atoms with Gasteiger partial charge in [-0.2, -0.15) is 0 Å². The Kier molecular flexibility index (Phi) is 3.77. The molecule has 0 aromatic rings. The van der Waals surface area contributed by atoms with Crippen molar-refractivity contribution in [3.05, 3.63) is 0 Å². The number of aliphatic hydroxyl groups excluding tert-OH is 1. The van der Waals surface area contributed by atoms with E-state index in [1.807, 2.05) is 13.8 Å². The predicted molar refractivity (Wildman–Crippen MR) is 60.4 cm³/mol. The topological polar surface area (TPSA) is 49.3 Å². The standard InChI is InChI=1S/C12H23NO2/c1-8-6-5-7-10(8)11(15)13-12(3,4)9(2)14/h8-10,14H,5-7H2,1-4H3,(H,13,15). The van der Waals surface area contributed by atoms with Crippen LogP contribution in [0.2, 0.25) is 0 Å². The quantitative estimate of drug-likeness (QED) is 0.749. The van der Waals surface area contributed by atoms with Gasteiger partial charge in [-0.1, -0.05) is 13.3 Å². The van der Waals surface area contributed by atoms with Crippen molar-refractivity contribution in [2.75, 3.05) is 0 Å². The Morgan fingerprint density at radius 2 is 2.07 bits per heavy atom. The van der Waals surface area contributed by atoms with Crippen LogP contribution < -0.4 is 5.32 Å². The maximum atomic E-state index is 12.0. The molecule has 88 valence electrons. The molecule has 1 aliphatic carbocycles. The molecular weight excluding hydrogens is 190 g/mol. The van der Waals surface area contributed by atoms with Crippen LogP contribution in [0, 0.1) is 11.8 Å². The Hall–Kier alpha value is -0.570. The summed E-state index contributed by atoms with van der Waals surface area (Å²) in [5.41, 5.74) is -0.528. The molecule has 0 spiro atoms. The fraction of sp³-hybridized carbons (Fsp3) is 0.917. The fourth-order valence-corrected chi connectivity index (χ4v) is 2.05. The molecule has 3 atom stereocenters. The summed E-state index contributed by atoms with van der Waals surface area (Å²) in [7, 11) is 0. The lowest BCUT2D eigenvalue weighted by Crippen LogP contribution is -2.53. The molecule has 1 saturated carbocycles. The summed E-state index contributed by atoms with van der Waals surface area (Å²) >= 11 is 0. The average Bonchev–Trinajstić information content (AvgIpc) is 2.50. The van der Waals surface area contributed by atoms with Crippen LogP contribution in [0.4, 0.5) is 0 Å². The zero-order valence-electron chi connectivity index (χ0n) is 10.2. The highest BCUT2D eigenvalue weighted by molar-refractivity contribution is 5.80. The van der Waals surface area contributed by atoms with Gasteiger partial charge in [0.15, 0.2) is 0 Å². The third kappa shape index (κ3) is 2.94. The first kappa shape index (κ1) is 12.5. The van der Waals surface area contributed by atoms with Crippen LogP contribution in [0.3, 0.4) is 0 Å². The second-order valence-corrected chi connectivity index (χ2v) is 5.40. The summed E-state index contributed by atoms with van der Waals surface area (Å²) < 4.78 is 0. The zero-order chi connectivity index (χ0) is 11.6. The molecule has 3 nitrogen and oxygen atoms in total. The molecule has 0 radical (unpaired) electrons. The van der Waals surface area contributed by atoms with Crippen LogP contribution >= 0.6 is 0 Å². The second kappa shape index (κ2) is 4.52. The lowest BCUT2D eigenvalue weighted by molar-refractivity contribution is -0.128. The van der Waals surface area contributed by atoms with Gasteiger partial charge in [-0.25, -0.2) is 0 Å². The molecule has 0 aliphatic heterocycles. The van der Waals surface area contributed by atoms with E-state index in [0.29, 0.717) is 5.92 Å². The van der Waals surface area contributed by atoms with Crippen molar-refractivity contribution in [2.24, 2.45) is 11.8 Å². The van der Waals surface area contributed by atoms with Crippen LogP contribution in [0.25, 0.3) is 0 Å². The largest absolute Gasteiger partial charge is 0.391 e. The summed E-state index contributed by atoms with van der Waals surface area (Å²) in [6.07, 6.45) is 2.75. The van der Waals surface area contributed by atoms with Gasteiger partial charge in [-0.3, -0.25) is 4.79 Å². The van der Waals surface area contributed by atoms with E-state index in [1.54, 1.807) is 6.92 Å². The number of rotatable bonds is 3. The highest BCUT2D eigenvalue weighted by Gasteiger charge is 2.34. The number of carbonyl (C=O) groups excluding carboxylic acids is 1. The summed E-state index contributed by atoms with van der Waals surface area (Å²) in [4.78, 5) is 12.0. The fourth-order valence-electron chi connectivity index (χ4n) is 2.05. The molecule has 0 heterocycles. The van der Waals surface area contributed by atoms with Gasteiger partial charge in [0.1, 0.15) is 0 Å². The van der Waals surface area contributed by atoms with Gasteiger partial charge in [0.2, 0.25) is 5.91 Å². The summed E-state index contributed by atoms with van der Waals surface area (Å²) in [6, 6.07) is 0. The first-order valence-electron chi connectivity index (χ1n) is 5.84. The van der Waals surface area contributed by atoms with Crippen LogP contribution in [0.15, 0.2) is 0 Å². The molecule has 0 saturated heterocycles. The highest BCUT2D eigenvalue weighted by atomic mass is 16.3. The molecular formula is C12H23NO2. The predicted octanol–water partition coefficient (Wildman–Crippen LogP) is 1.70. The number of aliphatic hydroxyl groups is 1. The third-order valence-corrected chi connectivity index (χ3v) is 3.69. The Labute approximate surface area is 92.3 Å². The van der Waals surface area contributed by atoms with Gasteiger partial charge in [-0.05, 0) is 39.5 Å². The van der Waals surface area contributed by atoms with Crippen LogP contribution in [0.5, 0.6) is 0 Å². The van der Waals surface area contributed by atoms with Crippen molar-refractivity contribution >= 4 is 5.91 Å². The second-order valence-electron chi connectivity index (χ2n) is 5.40. The zero-order valence-corrected chi connectivity index (χ0v) is 10.2. The Morgan fingerprint density at radius 1 is 1.47 bits per heavy atom. The van der Waals surface area contributed by atoms with E-state index in [0.717, 1.165) is 19.3 Å². The van der Waals surface area contributed by atoms with Crippen molar-refractivity contribution in [1.29, 1.82) is 0 Å². The minimum atomic E-state index is -0.529. The molecule has 0 aromatic heterocycles. The molecule has 0 bridgehead atoms. The maximum absolute atomic E-state index is 12.0. The smallest absolute Gasteiger partial charge is 0.223 e. The molecule has 3 unspecified atom stereocenters. The Bertz CT molecular complexity index is 236. The van der Waals surface area contributed by atoms with Crippen molar-refractivity contribution in [3.63, 3.8) is 0 Å². The summed E-state index contributed by atoms with van der Waals surface area (Å²) in [5, 5.41) is 12.5. The van der Waals surface area contributed by atoms with Crippen LogP contribution in [-0.4, -0.2) is 22.7 Å². The number of carbonyl (C=O) groups is 1. The lowest BCUT2D eigenvalue weighted by atomic mass is 9.93. The van der Waals surface area contributed by atoms with E-state index in [2.05, 4.69) is 12.2 Å². The molecule has 15 heavy (non-hydrogen) atoms. The van der Waals surface area contributed by atoms with Gasteiger partial charge < -0.3 is 10.4 Å². The SMILES string of the molecule is CC1CCCC1C(=O)NC(C)(C)C(C)O. The van der Waals surface area contributed by atoms with Gasteiger partial charge >= 0.3 is 0 Å². The van der Waals surface area contributed by atoms with Crippen molar-refractivity contribution in [2.45, 2.75) is 58.6 Å². The van der Waals surface area contributed by atoms with E-state index in [4.69, 9.17) is 0 Å². The van der Waals surface area contributed by atoms with E-state index >= 15 is 0 Å². The third-order valence-electron chi connectivity index (χ3n) is 3.69. The molecule has 1 fully saturated rings. The average molecular weight is 213 g/mol. The molecule has 0 aromatic carbocycles. The van der Waals surface area contributed by atoms with E-state index in [-0.39, 0.29) is 11.8 Å². The minimum Gasteiger partial charge on any atom is -0.391 e. The van der Waals surface area contributed by atoms with Crippen molar-refractivity contribution < 1.29 is 9.90 Å². The summed E-state index contributed by atoms with van der Waals surface area (Å²) in [5.74, 6) is 0.726. The molecule has 1 aliphatic rings. The lowest BCUT2D eigenvalue weighted by Gasteiger charge is -2.31.